The Kier molecular flexibility index (Phi) is 3.08. The summed E-state index contributed by atoms with van der Waals surface area (Å²) in [6, 6.07) is 1.95. The quantitative estimate of drug-likeness (QED) is 0.752. The molecule has 0 amide bonds. The maximum atomic E-state index is 5.93. The molecule has 0 aliphatic heterocycles. The number of thiophene rings is 1. The van der Waals surface area contributed by atoms with Crippen LogP contribution in [0.5, 0.6) is 0 Å². The lowest BCUT2D eigenvalue weighted by Gasteiger charge is -2.14. The molecule has 0 saturated heterocycles. The Hall–Kier alpha value is -1.73. The van der Waals surface area contributed by atoms with E-state index in [9.17, 15) is 0 Å². The number of anilines is 1. The average molecular weight is 295 g/mol. The van der Waals surface area contributed by atoms with Crippen molar-refractivity contribution >= 4 is 39.0 Å². The highest BCUT2D eigenvalue weighted by atomic mass is 35.5. The lowest BCUT2D eigenvalue weighted by Crippen LogP contribution is -2.13. The number of aromatic nitrogens is 5. The first-order valence-corrected chi connectivity index (χ1v) is 6.92. The fourth-order valence-corrected chi connectivity index (χ4v) is 2.88. The standard InChI is InChI=1S/C11H11ClN6S/c1-6(9-17-13-5-18(9)2)14-8-7-3-4-19-10(7)16-11(12)15-8/h3-6H,1-2H3,(H,14,15,16). The van der Waals surface area contributed by atoms with Gasteiger partial charge in [-0.3, -0.25) is 0 Å². The maximum absolute atomic E-state index is 5.93. The van der Waals surface area contributed by atoms with E-state index in [1.165, 1.54) is 11.3 Å². The molecular formula is C11H11ClN6S. The average Bonchev–Trinajstić information content (AvgIpc) is 2.97. The highest BCUT2D eigenvalue weighted by molar-refractivity contribution is 7.16. The number of rotatable bonds is 3. The molecule has 1 unspecified atom stereocenters. The predicted octanol–water partition coefficient (Wildman–Crippen LogP) is 2.65. The lowest BCUT2D eigenvalue weighted by molar-refractivity contribution is 0.717. The van der Waals surface area contributed by atoms with E-state index >= 15 is 0 Å². The van der Waals surface area contributed by atoms with Gasteiger partial charge in [-0.15, -0.1) is 21.5 Å². The number of fused-ring (bicyclic) bond motifs is 1. The van der Waals surface area contributed by atoms with Gasteiger partial charge >= 0.3 is 0 Å². The Labute approximate surface area is 118 Å². The zero-order chi connectivity index (χ0) is 13.4. The zero-order valence-corrected chi connectivity index (χ0v) is 11.9. The first-order valence-electron chi connectivity index (χ1n) is 5.66. The molecule has 0 aromatic carbocycles. The molecule has 0 aliphatic rings. The van der Waals surface area contributed by atoms with Gasteiger partial charge in [0.2, 0.25) is 5.28 Å². The smallest absolute Gasteiger partial charge is 0.225 e. The molecule has 0 saturated carbocycles. The Morgan fingerprint density at radius 3 is 3.00 bits per heavy atom. The first-order chi connectivity index (χ1) is 9.15. The fourth-order valence-electron chi connectivity index (χ4n) is 1.89. The van der Waals surface area contributed by atoms with E-state index < -0.39 is 0 Å². The van der Waals surface area contributed by atoms with Gasteiger partial charge in [0.1, 0.15) is 17.0 Å². The molecule has 1 atom stereocenters. The number of hydrogen-bond donors (Lipinski definition) is 1. The van der Waals surface area contributed by atoms with E-state index in [4.69, 9.17) is 11.6 Å². The summed E-state index contributed by atoms with van der Waals surface area (Å²) >= 11 is 7.47. The van der Waals surface area contributed by atoms with Crippen LogP contribution in [-0.4, -0.2) is 24.7 Å². The van der Waals surface area contributed by atoms with Crippen molar-refractivity contribution in [3.8, 4) is 0 Å². The highest BCUT2D eigenvalue weighted by Crippen LogP contribution is 2.28. The van der Waals surface area contributed by atoms with E-state index in [1.807, 2.05) is 30.0 Å². The van der Waals surface area contributed by atoms with Crippen molar-refractivity contribution in [3.63, 3.8) is 0 Å². The molecule has 0 radical (unpaired) electrons. The van der Waals surface area contributed by atoms with Gasteiger partial charge in [0.15, 0.2) is 5.82 Å². The Morgan fingerprint density at radius 1 is 1.42 bits per heavy atom. The van der Waals surface area contributed by atoms with Crippen molar-refractivity contribution in [3.05, 3.63) is 28.9 Å². The van der Waals surface area contributed by atoms with Crippen molar-refractivity contribution in [1.29, 1.82) is 0 Å². The molecule has 0 bridgehead atoms. The monoisotopic (exact) mass is 294 g/mol. The molecule has 3 aromatic rings. The molecular weight excluding hydrogens is 284 g/mol. The summed E-state index contributed by atoms with van der Waals surface area (Å²) < 4.78 is 1.87. The van der Waals surface area contributed by atoms with Gasteiger partial charge in [0, 0.05) is 7.05 Å². The normalized spacial score (nSPS) is 12.8. The van der Waals surface area contributed by atoms with Crippen LogP contribution in [0.4, 0.5) is 5.82 Å². The van der Waals surface area contributed by atoms with Crippen molar-refractivity contribution in [2.45, 2.75) is 13.0 Å². The van der Waals surface area contributed by atoms with E-state index in [0.29, 0.717) is 5.82 Å². The van der Waals surface area contributed by atoms with Crippen molar-refractivity contribution in [2.24, 2.45) is 7.05 Å². The van der Waals surface area contributed by atoms with Crippen LogP contribution >= 0.6 is 22.9 Å². The predicted molar refractivity (Wildman–Crippen MR) is 75.5 cm³/mol. The highest BCUT2D eigenvalue weighted by Gasteiger charge is 2.15. The second-order valence-corrected chi connectivity index (χ2v) is 5.38. The number of nitrogens with one attached hydrogen (secondary N) is 1. The largest absolute Gasteiger partial charge is 0.360 e. The van der Waals surface area contributed by atoms with Gasteiger partial charge < -0.3 is 9.88 Å². The van der Waals surface area contributed by atoms with Gasteiger partial charge in [-0.05, 0) is 30.0 Å². The molecule has 0 aliphatic carbocycles. The molecule has 3 rings (SSSR count). The second kappa shape index (κ2) is 4.75. The van der Waals surface area contributed by atoms with Crippen LogP contribution < -0.4 is 5.32 Å². The van der Waals surface area contributed by atoms with Gasteiger partial charge in [0.25, 0.3) is 0 Å². The zero-order valence-electron chi connectivity index (χ0n) is 10.3. The van der Waals surface area contributed by atoms with Crippen LogP contribution in [0.15, 0.2) is 17.8 Å². The van der Waals surface area contributed by atoms with Gasteiger partial charge in [-0.25, -0.2) is 9.97 Å². The summed E-state index contributed by atoms with van der Waals surface area (Å²) in [5.41, 5.74) is 0. The SMILES string of the molecule is CC(Nc1nc(Cl)nc2sccc12)c1nncn1C. The first kappa shape index (κ1) is 12.3. The summed E-state index contributed by atoms with van der Waals surface area (Å²) in [4.78, 5) is 9.30. The Balaban J connectivity index is 1.97. The molecule has 19 heavy (non-hydrogen) atoms. The van der Waals surface area contributed by atoms with Gasteiger partial charge in [-0.2, -0.15) is 0 Å². The number of hydrogen-bond acceptors (Lipinski definition) is 6. The third kappa shape index (κ3) is 2.26. The minimum atomic E-state index is -0.0263. The summed E-state index contributed by atoms with van der Waals surface area (Å²) in [5.74, 6) is 1.55. The van der Waals surface area contributed by atoms with Crippen molar-refractivity contribution in [1.82, 2.24) is 24.7 Å². The minimum absolute atomic E-state index is 0.0263. The fraction of sp³-hybridized carbons (Fsp3) is 0.273. The van der Waals surface area contributed by atoms with Crippen LogP contribution in [0, 0.1) is 0 Å². The molecule has 6 nitrogen and oxygen atoms in total. The molecule has 1 N–H and O–H groups in total. The van der Waals surface area contributed by atoms with Crippen LogP contribution in [-0.2, 0) is 7.05 Å². The van der Waals surface area contributed by atoms with Crippen molar-refractivity contribution < 1.29 is 0 Å². The molecule has 98 valence electrons. The molecule has 0 fully saturated rings. The van der Waals surface area contributed by atoms with Crippen LogP contribution in [0.2, 0.25) is 5.28 Å². The number of nitrogens with zero attached hydrogens (tertiary/aromatic N) is 5. The summed E-state index contributed by atoms with van der Waals surface area (Å²) in [6.07, 6.45) is 1.67. The van der Waals surface area contributed by atoms with Crippen LogP contribution in [0.3, 0.4) is 0 Å². The van der Waals surface area contributed by atoms with E-state index in [-0.39, 0.29) is 11.3 Å². The third-order valence-electron chi connectivity index (χ3n) is 2.78. The van der Waals surface area contributed by atoms with E-state index in [2.05, 4.69) is 25.5 Å². The summed E-state index contributed by atoms with van der Waals surface area (Å²) in [5, 5.41) is 14.4. The van der Waals surface area contributed by atoms with Crippen LogP contribution in [0.25, 0.3) is 10.2 Å². The maximum Gasteiger partial charge on any atom is 0.225 e. The molecule has 3 heterocycles. The summed E-state index contributed by atoms with van der Waals surface area (Å²) in [7, 11) is 1.90. The van der Waals surface area contributed by atoms with Gasteiger partial charge in [-0.1, -0.05) is 0 Å². The van der Waals surface area contributed by atoms with Crippen molar-refractivity contribution in [2.75, 3.05) is 5.32 Å². The topological polar surface area (TPSA) is 68.5 Å². The van der Waals surface area contributed by atoms with E-state index in [0.717, 1.165) is 16.0 Å². The number of aryl methyl sites for hydroxylation is 1. The number of halogens is 1. The van der Waals surface area contributed by atoms with E-state index in [1.54, 1.807) is 6.33 Å². The minimum Gasteiger partial charge on any atom is -0.360 e. The second-order valence-electron chi connectivity index (χ2n) is 4.15. The Morgan fingerprint density at radius 2 is 2.26 bits per heavy atom. The molecule has 8 heteroatoms. The summed E-state index contributed by atoms with van der Waals surface area (Å²) in [6.45, 7) is 2.00. The van der Waals surface area contributed by atoms with Gasteiger partial charge in [0.05, 0.1) is 11.4 Å². The van der Waals surface area contributed by atoms with Crippen LogP contribution in [0.1, 0.15) is 18.8 Å². The molecule has 3 aromatic heterocycles. The lowest BCUT2D eigenvalue weighted by atomic mass is 10.3. The third-order valence-corrected chi connectivity index (χ3v) is 3.76. The Bertz CT molecular complexity index is 721. The molecule has 0 spiro atoms.